The number of benzene rings is 2. The second-order valence-electron chi connectivity index (χ2n) is 10.9. The summed E-state index contributed by atoms with van der Waals surface area (Å²) in [6, 6.07) is 12.0. The van der Waals surface area contributed by atoms with E-state index in [4.69, 9.17) is 19.4 Å². The van der Waals surface area contributed by atoms with Crippen LogP contribution in [0.4, 0.5) is 0 Å². The number of carboxylic acids is 1. The first-order chi connectivity index (χ1) is 18.2. The van der Waals surface area contributed by atoms with Crippen molar-refractivity contribution in [3.63, 3.8) is 0 Å². The first-order valence-electron chi connectivity index (χ1n) is 12.9. The second-order valence-corrected chi connectivity index (χ2v) is 10.9. The van der Waals surface area contributed by atoms with Crippen molar-refractivity contribution in [2.75, 3.05) is 13.2 Å². The zero-order valence-corrected chi connectivity index (χ0v) is 21.9. The zero-order valence-electron chi connectivity index (χ0n) is 21.9. The number of rotatable bonds is 5. The van der Waals surface area contributed by atoms with Gasteiger partial charge in [0, 0.05) is 47.3 Å². The molecule has 0 bridgehead atoms. The van der Waals surface area contributed by atoms with Crippen LogP contribution in [0.25, 0.3) is 32.9 Å². The lowest BCUT2D eigenvalue weighted by atomic mass is 9.86. The van der Waals surface area contributed by atoms with Gasteiger partial charge < -0.3 is 20.0 Å². The monoisotopic (exact) mass is 510 g/mol. The highest BCUT2D eigenvalue weighted by Gasteiger charge is 2.33. The van der Waals surface area contributed by atoms with Crippen molar-refractivity contribution in [2.24, 2.45) is 5.10 Å². The fraction of sp³-hybridized carbons (Fsp3) is 0.333. The molecule has 0 fully saturated rings. The number of nitrogens with one attached hydrogen (secondary N) is 1. The average molecular weight is 511 g/mol. The van der Waals surface area contributed by atoms with E-state index in [9.17, 15) is 9.90 Å². The van der Waals surface area contributed by atoms with E-state index in [0.29, 0.717) is 18.7 Å². The summed E-state index contributed by atoms with van der Waals surface area (Å²) < 4.78 is 12.1. The van der Waals surface area contributed by atoms with Gasteiger partial charge in [-0.15, -0.1) is 0 Å². The van der Waals surface area contributed by atoms with Gasteiger partial charge in [-0.2, -0.15) is 5.10 Å². The molecular formula is C30H30N4O4. The van der Waals surface area contributed by atoms with Gasteiger partial charge in [-0.1, -0.05) is 6.07 Å². The number of nitrogens with zero attached hydrogens (tertiary/aromatic N) is 3. The first kappa shape index (κ1) is 24.3. The molecule has 194 valence electrons. The van der Waals surface area contributed by atoms with Crippen molar-refractivity contribution >= 4 is 34.0 Å². The van der Waals surface area contributed by atoms with Crippen molar-refractivity contribution in [1.29, 1.82) is 0 Å². The summed E-state index contributed by atoms with van der Waals surface area (Å²) in [5, 5.41) is 16.4. The molecule has 0 radical (unpaired) electrons. The van der Waals surface area contributed by atoms with Gasteiger partial charge in [0.05, 0.1) is 34.9 Å². The van der Waals surface area contributed by atoms with Crippen LogP contribution in [0, 0.1) is 6.92 Å². The molecule has 2 atom stereocenters. The van der Waals surface area contributed by atoms with Crippen molar-refractivity contribution < 1.29 is 19.4 Å². The van der Waals surface area contributed by atoms with Gasteiger partial charge in [-0.25, -0.2) is 4.79 Å². The Morgan fingerprint density at radius 1 is 1.21 bits per heavy atom. The maximum Gasteiger partial charge on any atom is 0.337 e. The number of hydrogen-bond acceptors (Lipinski definition) is 7. The van der Waals surface area contributed by atoms with Crippen molar-refractivity contribution in [2.45, 2.75) is 51.7 Å². The van der Waals surface area contributed by atoms with Crippen molar-refractivity contribution in [3.05, 3.63) is 65.0 Å². The number of carboxylic acid groups (broad SMARTS) is 1. The largest absolute Gasteiger partial charge is 0.493 e. The fourth-order valence-electron chi connectivity index (χ4n) is 5.49. The molecule has 0 aliphatic carbocycles. The highest BCUT2D eigenvalue weighted by molar-refractivity contribution is 6.08. The number of ether oxygens (including phenoxy) is 2. The van der Waals surface area contributed by atoms with Gasteiger partial charge in [0.1, 0.15) is 5.75 Å². The van der Waals surface area contributed by atoms with E-state index in [1.165, 1.54) is 5.56 Å². The molecule has 2 N–H and O–H groups in total. The predicted octanol–water partition coefficient (Wildman–Crippen LogP) is 5.31. The number of aliphatic carboxylic acids is 1. The Hall–Kier alpha value is -4.04. The van der Waals surface area contributed by atoms with E-state index in [1.54, 1.807) is 0 Å². The van der Waals surface area contributed by atoms with Crippen LogP contribution >= 0.6 is 0 Å². The smallest absolute Gasteiger partial charge is 0.337 e. The van der Waals surface area contributed by atoms with E-state index < -0.39 is 17.7 Å². The molecule has 2 aliphatic rings. The normalized spacial score (nSPS) is 17.4. The molecule has 2 aromatic heterocycles. The SMILES string of the molecule is Cc1cc2nc(C3C=NNC3)ccc2c(-c2ccc3c4c(ccnc24)CCO3)c1[C@H](OC(C)(C)C)C(=O)O. The number of hydrazone groups is 1. The quantitative estimate of drug-likeness (QED) is 0.375. The second kappa shape index (κ2) is 9.06. The molecule has 2 aromatic carbocycles. The number of pyridine rings is 2. The van der Waals surface area contributed by atoms with Gasteiger partial charge in [-0.05, 0) is 74.7 Å². The van der Waals surface area contributed by atoms with E-state index in [1.807, 2.05) is 76.5 Å². The Labute approximate surface area is 220 Å². The summed E-state index contributed by atoms with van der Waals surface area (Å²) in [5.41, 5.74) is 8.98. The third-order valence-electron chi connectivity index (χ3n) is 7.10. The standard InChI is InChI=1S/C30H30N4O4/c1-16-13-22-19(5-7-21(34-22)18-14-32-33-15-18)26(24(16)28(29(35)36)38-30(2,3)4)20-6-8-23-25-17(10-12-37-23)9-11-31-27(20)25/h5-9,11,13-14,18,28,33H,10,12,15H2,1-4H3,(H,35,36)/t18?,28-/m0/s1. The van der Waals surface area contributed by atoms with Gasteiger partial charge in [0.2, 0.25) is 0 Å². The topological polar surface area (TPSA) is 106 Å². The first-order valence-corrected chi connectivity index (χ1v) is 12.9. The lowest BCUT2D eigenvalue weighted by molar-refractivity contribution is -0.160. The van der Waals surface area contributed by atoms with Crippen LogP contribution in [0.5, 0.6) is 5.75 Å². The van der Waals surface area contributed by atoms with Crippen LogP contribution in [0.1, 0.15) is 55.2 Å². The molecule has 8 heteroatoms. The molecule has 4 aromatic rings. The zero-order chi connectivity index (χ0) is 26.6. The minimum Gasteiger partial charge on any atom is -0.493 e. The predicted molar refractivity (Wildman–Crippen MR) is 147 cm³/mol. The maximum atomic E-state index is 12.7. The van der Waals surface area contributed by atoms with E-state index in [0.717, 1.165) is 56.4 Å². The van der Waals surface area contributed by atoms with E-state index in [2.05, 4.69) is 10.5 Å². The van der Waals surface area contributed by atoms with Crippen LogP contribution in [0.15, 0.2) is 47.7 Å². The number of aromatic nitrogens is 2. The minimum absolute atomic E-state index is 0.0816. The summed E-state index contributed by atoms with van der Waals surface area (Å²) in [6.07, 6.45) is 3.30. The van der Waals surface area contributed by atoms with Crippen molar-refractivity contribution in [3.8, 4) is 16.9 Å². The number of hydrogen-bond donors (Lipinski definition) is 2. The van der Waals surface area contributed by atoms with E-state index in [-0.39, 0.29) is 5.92 Å². The van der Waals surface area contributed by atoms with E-state index >= 15 is 0 Å². The average Bonchev–Trinajstić information content (AvgIpc) is 3.42. The molecule has 4 heterocycles. The molecule has 0 saturated carbocycles. The molecule has 1 unspecified atom stereocenters. The Kier molecular flexibility index (Phi) is 5.79. The molecular weight excluding hydrogens is 480 g/mol. The molecule has 38 heavy (non-hydrogen) atoms. The summed E-state index contributed by atoms with van der Waals surface area (Å²) in [6.45, 7) is 8.84. The molecule has 8 nitrogen and oxygen atoms in total. The van der Waals surface area contributed by atoms with Gasteiger partial charge in [0.25, 0.3) is 0 Å². The van der Waals surface area contributed by atoms with Gasteiger partial charge in [-0.3, -0.25) is 9.97 Å². The highest BCUT2D eigenvalue weighted by atomic mass is 16.5. The van der Waals surface area contributed by atoms with Crippen LogP contribution in [-0.2, 0) is 16.0 Å². The third kappa shape index (κ3) is 4.15. The molecule has 2 aliphatic heterocycles. The van der Waals surface area contributed by atoms with Gasteiger partial charge in [0.15, 0.2) is 6.10 Å². The molecule has 0 amide bonds. The summed E-state index contributed by atoms with van der Waals surface area (Å²) in [4.78, 5) is 22.5. The summed E-state index contributed by atoms with van der Waals surface area (Å²) >= 11 is 0. The molecule has 6 rings (SSSR count). The van der Waals surface area contributed by atoms with Gasteiger partial charge >= 0.3 is 5.97 Å². The Morgan fingerprint density at radius 2 is 2.05 bits per heavy atom. The van der Waals surface area contributed by atoms with Crippen LogP contribution < -0.4 is 10.2 Å². The van der Waals surface area contributed by atoms with Crippen molar-refractivity contribution in [1.82, 2.24) is 15.4 Å². The highest BCUT2D eigenvalue weighted by Crippen LogP contribution is 2.45. The Morgan fingerprint density at radius 3 is 2.79 bits per heavy atom. The summed E-state index contributed by atoms with van der Waals surface area (Å²) in [7, 11) is 0. The lowest BCUT2D eigenvalue weighted by Gasteiger charge is -2.29. The Balaban J connectivity index is 1.69. The molecule has 0 spiro atoms. The molecule has 0 saturated heterocycles. The summed E-state index contributed by atoms with van der Waals surface area (Å²) in [5.74, 6) is -0.163. The maximum absolute atomic E-state index is 12.7. The Bertz CT molecular complexity index is 1610. The minimum atomic E-state index is -1.18. The number of carbonyl (C=O) groups is 1. The lowest BCUT2D eigenvalue weighted by Crippen LogP contribution is -2.28. The number of aryl methyl sites for hydroxylation is 1. The number of fused-ring (bicyclic) bond motifs is 1. The van der Waals surface area contributed by atoms with Crippen LogP contribution in [-0.4, -0.2) is 46.0 Å². The third-order valence-corrected chi connectivity index (χ3v) is 7.10. The fourth-order valence-corrected chi connectivity index (χ4v) is 5.49. The van der Waals surface area contributed by atoms with Crippen LogP contribution in [0.2, 0.25) is 0 Å². The van der Waals surface area contributed by atoms with Crippen LogP contribution in [0.3, 0.4) is 0 Å².